The van der Waals surface area contributed by atoms with E-state index in [9.17, 15) is 4.79 Å². The van der Waals surface area contributed by atoms with E-state index >= 15 is 0 Å². The molecular weight excluding hydrogens is 370 g/mol. The van der Waals surface area contributed by atoms with Crippen molar-refractivity contribution in [1.29, 1.82) is 0 Å². The summed E-state index contributed by atoms with van der Waals surface area (Å²) in [4.78, 5) is 23.1. The van der Waals surface area contributed by atoms with Gasteiger partial charge in [0.1, 0.15) is 0 Å². The molecule has 1 fully saturated rings. The largest absolute Gasteiger partial charge is 0.359 e. The number of benzene rings is 1. The molecular formula is C21H21N5OS. The average Bonchev–Trinajstić information content (AvgIpc) is 3.38. The van der Waals surface area contributed by atoms with Gasteiger partial charge in [-0.15, -0.1) is 11.3 Å². The molecule has 5 rings (SSSR count). The van der Waals surface area contributed by atoms with Crippen molar-refractivity contribution in [3.63, 3.8) is 0 Å². The van der Waals surface area contributed by atoms with Gasteiger partial charge >= 0.3 is 0 Å². The highest BCUT2D eigenvalue weighted by atomic mass is 32.1. The first-order chi connectivity index (χ1) is 13.6. The smallest absolute Gasteiger partial charge is 0.264 e. The molecule has 1 aromatic carbocycles. The van der Waals surface area contributed by atoms with Crippen molar-refractivity contribution in [3.05, 3.63) is 53.2 Å². The number of aromatic nitrogens is 2. The third-order valence-corrected chi connectivity index (χ3v) is 6.31. The minimum atomic E-state index is 0.0473. The fraction of sp³-hybridized carbons (Fsp3) is 0.238. The molecule has 4 N–H and O–H groups in total. The van der Waals surface area contributed by atoms with E-state index in [4.69, 9.17) is 5.73 Å². The van der Waals surface area contributed by atoms with Gasteiger partial charge in [-0.05, 0) is 49.7 Å². The van der Waals surface area contributed by atoms with Gasteiger partial charge in [-0.1, -0.05) is 0 Å². The van der Waals surface area contributed by atoms with Crippen molar-refractivity contribution in [2.75, 3.05) is 18.4 Å². The monoisotopic (exact) mass is 391 g/mol. The van der Waals surface area contributed by atoms with Gasteiger partial charge in [0.15, 0.2) is 0 Å². The molecule has 6 nitrogen and oxygen atoms in total. The number of aryl methyl sites for hydroxylation is 1. The first-order valence-corrected chi connectivity index (χ1v) is 10.2. The van der Waals surface area contributed by atoms with Gasteiger partial charge < -0.3 is 20.9 Å². The number of hydrogen-bond donors (Lipinski definition) is 3. The molecule has 0 bridgehead atoms. The zero-order valence-electron chi connectivity index (χ0n) is 15.5. The number of anilines is 2. The number of pyridine rings is 1. The molecule has 0 radical (unpaired) electrons. The molecule has 1 atom stereocenters. The second-order valence-electron chi connectivity index (χ2n) is 7.36. The highest BCUT2D eigenvalue weighted by molar-refractivity contribution is 7.21. The molecule has 7 heteroatoms. The average molecular weight is 392 g/mol. The summed E-state index contributed by atoms with van der Waals surface area (Å²) in [7, 11) is 0. The van der Waals surface area contributed by atoms with Gasteiger partial charge in [-0.3, -0.25) is 9.78 Å². The van der Waals surface area contributed by atoms with Crippen LogP contribution in [0.25, 0.3) is 21.1 Å². The van der Waals surface area contributed by atoms with Crippen molar-refractivity contribution < 1.29 is 4.79 Å². The summed E-state index contributed by atoms with van der Waals surface area (Å²) in [6.07, 6.45) is 2.64. The second kappa shape index (κ2) is 6.61. The maximum Gasteiger partial charge on any atom is 0.264 e. The summed E-state index contributed by atoms with van der Waals surface area (Å²) in [5.41, 5.74) is 11.0. The molecule has 1 aliphatic rings. The van der Waals surface area contributed by atoms with Gasteiger partial charge in [0, 0.05) is 47.6 Å². The zero-order chi connectivity index (χ0) is 19.3. The van der Waals surface area contributed by atoms with E-state index in [1.807, 2.05) is 17.0 Å². The van der Waals surface area contributed by atoms with Gasteiger partial charge in [-0.25, -0.2) is 0 Å². The molecule has 4 heterocycles. The number of nitrogens with zero attached hydrogens (tertiary/aromatic N) is 2. The van der Waals surface area contributed by atoms with Crippen LogP contribution in [0.5, 0.6) is 0 Å². The Kier molecular flexibility index (Phi) is 4.07. The van der Waals surface area contributed by atoms with Crippen LogP contribution in [0, 0.1) is 6.92 Å². The lowest BCUT2D eigenvalue weighted by Crippen LogP contribution is -2.31. The molecule has 142 valence electrons. The number of carbonyl (C=O) groups excluding carboxylic acids is 1. The predicted molar refractivity (Wildman–Crippen MR) is 114 cm³/mol. The molecule has 1 unspecified atom stereocenters. The lowest BCUT2D eigenvalue weighted by Gasteiger charge is -2.13. The number of likely N-dealkylation sites (tertiary alicyclic amines) is 1. The number of carbonyl (C=O) groups is 1. The van der Waals surface area contributed by atoms with Crippen LogP contribution in [0.1, 0.15) is 21.8 Å². The van der Waals surface area contributed by atoms with Crippen molar-refractivity contribution in [2.24, 2.45) is 5.73 Å². The van der Waals surface area contributed by atoms with Crippen LogP contribution < -0.4 is 11.1 Å². The number of rotatable bonds is 3. The van der Waals surface area contributed by atoms with E-state index in [0.717, 1.165) is 45.8 Å². The van der Waals surface area contributed by atoms with E-state index in [0.29, 0.717) is 11.4 Å². The molecule has 0 saturated carbocycles. The SMILES string of the molecule is Cc1cc2cc(Nc3ccnc4cc(C(=O)N5CCC(N)C5)sc34)ccc2[nH]1. The van der Waals surface area contributed by atoms with Gasteiger partial charge in [0.2, 0.25) is 0 Å². The van der Waals surface area contributed by atoms with E-state index in [-0.39, 0.29) is 11.9 Å². The lowest BCUT2D eigenvalue weighted by molar-refractivity contribution is 0.0795. The Morgan fingerprint density at radius 1 is 1.32 bits per heavy atom. The third kappa shape index (κ3) is 3.02. The molecule has 0 spiro atoms. The normalized spacial score (nSPS) is 16.9. The number of hydrogen-bond acceptors (Lipinski definition) is 5. The third-order valence-electron chi connectivity index (χ3n) is 5.17. The Labute approximate surface area is 166 Å². The number of amides is 1. The summed E-state index contributed by atoms with van der Waals surface area (Å²) in [6, 6.07) is 12.3. The number of nitrogens with two attached hydrogens (primary N) is 1. The van der Waals surface area contributed by atoms with Crippen LogP contribution in [0.3, 0.4) is 0 Å². The van der Waals surface area contributed by atoms with E-state index in [2.05, 4.69) is 46.5 Å². The summed E-state index contributed by atoms with van der Waals surface area (Å²) in [5.74, 6) is 0.0473. The van der Waals surface area contributed by atoms with Crippen LogP contribution in [0.2, 0.25) is 0 Å². The van der Waals surface area contributed by atoms with Crippen LogP contribution in [0.15, 0.2) is 42.6 Å². The Hall–Kier alpha value is -2.90. The van der Waals surface area contributed by atoms with Gasteiger partial charge in [0.05, 0.1) is 20.8 Å². The molecule has 28 heavy (non-hydrogen) atoms. The topological polar surface area (TPSA) is 87.0 Å². The van der Waals surface area contributed by atoms with Crippen LogP contribution in [-0.4, -0.2) is 39.9 Å². The van der Waals surface area contributed by atoms with Crippen molar-refractivity contribution >= 4 is 49.7 Å². The van der Waals surface area contributed by atoms with Crippen molar-refractivity contribution in [3.8, 4) is 0 Å². The fourth-order valence-corrected chi connectivity index (χ4v) is 4.83. The maximum atomic E-state index is 12.8. The number of nitrogens with one attached hydrogen (secondary N) is 2. The molecule has 4 aromatic rings. The Balaban J connectivity index is 1.47. The summed E-state index contributed by atoms with van der Waals surface area (Å²) in [5, 5.41) is 4.66. The number of fused-ring (bicyclic) bond motifs is 2. The predicted octanol–water partition coefficient (Wildman–Crippen LogP) is 4.00. The molecule has 1 amide bonds. The van der Waals surface area contributed by atoms with Crippen molar-refractivity contribution in [1.82, 2.24) is 14.9 Å². The standard InChI is InChI=1S/C21H21N5OS/c1-12-8-13-9-15(2-3-16(13)24-12)25-17-4-6-23-18-10-19(28-20(17)18)21(27)26-7-5-14(22)11-26/h2-4,6,8-10,14,24H,5,7,11,22H2,1H3,(H,23,25). The Morgan fingerprint density at radius 2 is 2.21 bits per heavy atom. The number of aromatic amines is 1. The van der Waals surface area contributed by atoms with E-state index in [1.165, 1.54) is 16.7 Å². The van der Waals surface area contributed by atoms with Crippen LogP contribution in [0.4, 0.5) is 11.4 Å². The minimum Gasteiger partial charge on any atom is -0.359 e. The van der Waals surface area contributed by atoms with Crippen LogP contribution >= 0.6 is 11.3 Å². The minimum absolute atomic E-state index is 0.0473. The highest BCUT2D eigenvalue weighted by Crippen LogP contribution is 2.34. The molecule has 1 saturated heterocycles. The van der Waals surface area contributed by atoms with Crippen LogP contribution in [-0.2, 0) is 0 Å². The van der Waals surface area contributed by atoms with E-state index < -0.39 is 0 Å². The fourth-order valence-electron chi connectivity index (χ4n) is 3.78. The molecule has 3 aromatic heterocycles. The molecule has 0 aliphatic carbocycles. The van der Waals surface area contributed by atoms with Gasteiger partial charge in [0.25, 0.3) is 5.91 Å². The highest BCUT2D eigenvalue weighted by Gasteiger charge is 2.26. The summed E-state index contributed by atoms with van der Waals surface area (Å²) >= 11 is 1.48. The van der Waals surface area contributed by atoms with E-state index in [1.54, 1.807) is 6.20 Å². The summed E-state index contributed by atoms with van der Waals surface area (Å²) in [6.45, 7) is 3.40. The number of H-pyrrole nitrogens is 1. The maximum absolute atomic E-state index is 12.8. The summed E-state index contributed by atoms with van der Waals surface area (Å²) < 4.78 is 0.986. The second-order valence-corrected chi connectivity index (χ2v) is 8.42. The van der Waals surface area contributed by atoms with Gasteiger partial charge in [-0.2, -0.15) is 0 Å². The lowest BCUT2D eigenvalue weighted by atomic mass is 10.2. The molecule has 1 aliphatic heterocycles. The quantitative estimate of drug-likeness (QED) is 0.493. The number of thiophene rings is 1. The zero-order valence-corrected chi connectivity index (χ0v) is 16.3. The Morgan fingerprint density at radius 3 is 3.04 bits per heavy atom. The first kappa shape index (κ1) is 17.2. The van der Waals surface area contributed by atoms with Crippen molar-refractivity contribution in [2.45, 2.75) is 19.4 Å². The first-order valence-electron chi connectivity index (χ1n) is 9.36. The Bertz CT molecular complexity index is 1190.